The van der Waals surface area contributed by atoms with E-state index in [1.165, 1.54) is 99.5 Å². The highest BCUT2D eigenvalue weighted by atomic mass is 15.0. The summed E-state index contributed by atoms with van der Waals surface area (Å²) < 4.78 is 4.97. The molecule has 2 nitrogen and oxygen atoms in total. The molecule has 0 N–H and O–H groups in total. The van der Waals surface area contributed by atoms with Crippen molar-refractivity contribution >= 4 is 43.6 Å². The maximum Gasteiger partial charge on any atom is 0.0562 e. The van der Waals surface area contributed by atoms with Gasteiger partial charge in [-0.15, -0.1) is 0 Å². The van der Waals surface area contributed by atoms with Crippen molar-refractivity contribution in [1.82, 2.24) is 9.13 Å². The molecular weight excluding hydrogens is 605 g/mol. The third-order valence-corrected chi connectivity index (χ3v) is 10.7. The third-order valence-electron chi connectivity index (χ3n) is 10.7. The fourth-order valence-electron chi connectivity index (χ4n) is 8.70. The predicted octanol–water partition coefficient (Wildman–Crippen LogP) is 12.9. The van der Waals surface area contributed by atoms with Crippen molar-refractivity contribution in [2.75, 3.05) is 0 Å². The summed E-state index contributed by atoms with van der Waals surface area (Å²) in [7, 11) is 0. The molecule has 1 aliphatic carbocycles. The summed E-state index contributed by atoms with van der Waals surface area (Å²) in [6.07, 6.45) is 0. The van der Waals surface area contributed by atoms with Crippen LogP contribution in [0, 0.1) is 0 Å². The number of nitrogens with zero attached hydrogens (tertiary/aromatic N) is 2. The molecule has 0 saturated heterocycles. The minimum absolute atomic E-state index is 1.18. The Hall–Kier alpha value is -6.64. The second-order valence-electron chi connectivity index (χ2n) is 13.2. The van der Waals surface area contributed by atoms with Gasteiger partial charge < -0.3 is 9.13 Å². The van der Waals surface area contributed by atoms with Gasteiger partial charge in [-0.1, -0.05) is 146 Å². The van der Waals surface area contributed by atoms with E-state index in [1.54, 1.807) is 0 Å². The Bertz CT molecular complexity index is 2930. The number of fused-ring (bicyclic) bond motifs is 14. The molecular formula is C48H30N2. The molecule has 2 heterocycles. The van der Waals surface area contributed by atoms with Crippen LogP contribution in [0.3, 0.4) is 0 Å². The fourth-order valence-corrected chi connectivity index (χ4v) is 8.70. The maximum atomic E-state index is 2.51. The maximum absolute atomic E-state index is 2.51. The summed E-state index contributed by atoms with van der Waals surface area (Å²) >= 11 is 0. The van der Waals surface area contributed by atoms with Gasteiger partial charge in [-0.3, -0.25) is 0 Å². The summed E-state index contributed by atoms with van der Waals surface area (Å²) in [4.78, 5) is 0. The van der Waals surface area contributed by atoms with Crippen molar-refractivity contribution in [2.45, 2.75) is 0 Å². The highest BCUT2D eigenvalue weighted by Gasteiger charge is 2.26. The summed E-state index contributed by atoms with van der Waals surface area (Å²) in [5.74, 6) is 0. The molecule has 11 rings (SSSR count). The van der Waals surface area contributed by atoms with E-state index in [9.17, 15) is 0 Å². The molecule has 50 heavy (non-hydrogen) atoms. The molecule has 0 saturated carbocycles. The second kappa shape index (κ2) is 10.4. The van der Waals surface area contributed by atoms with E-state index < -0.39 is 0 Å². The molecule has 232 valence electrons. The van der Waals surface area contributed by atoms with Crippen molar-refractivity contribution in [1.29, 1.82) is 0 Å². The molecule has 1 aliphatic rings. The Morgan fingerprint density at radius 2 is 0.600 bits per heavy atom. The van der Waals surface area contributed by atoms with Crippen molar-refractivity contribution in [2.24, 2.45) is 0 Å². The summed E-state index contributed by atoms with van der Waals surface area (Å²) in [5, 5.41) is 5.02. The summed E-state index contributed by atoms with van der Waals surface area (Å²) in [5.41, 5.74) is 17.2. The molecule has 2 aromatic heterocycles. The Kier molecular flexibility index (Phi) is 5.70. The van der Waals surface area contributed by atoms with Gasteiger partial charge in [0.2, 0.25) is 0 Å². The molecule has 0 spiro atoms. The van der Waals surface area contributed by atoms with Crippen LogP contribution in [0.25, 0.3) is 99.5 Å². The highest BCUT2D eigenvalue weighted by Crippen LogP contribution is 2.50. The average molecular weight is 635 g/mol. The molecule has 0 radical (unpaired) electrons. The van der Waals surface area contributed by atoms with Crippen LogP contribution in [0.1, 0.15) is 0 Å². The smallest absolute Gasteiger partial charge is 0.0562 e. The molecule has 0 atom stereocenters. The largest absolute Gasteiger partial charge is 0.309 e. The predicted molar refractivity (Wildman–Crippen MR) is 210 cm³/mol. The van der Waals surface area contributed by atoms with Crippen LogP contribution < -0.4 is 0 Å². The van der Waals surface area contributed by atoms with Crippen LogP contribution in [0.2, 0.25) is 0 Å². The van der Waals surface area contributed by atoms with Crippen molar-refractivity contribution < 1.29 is 0 Å². The molecule has 2 heteroatoms. The van der Waals surface area contributed by atoms with Crippen LogP contribution in [0.4, 0.5) is 0 Å². The number of aromatic nitrogens is 2. The molecule has 0 aliphatic heterocycles. The van der Waals surface area contributed by atoms with Crippen molar-refractivity contribution in [3.05, 3.63) is 182 Å². The molecule has 0 amide bonds. The lowest BCUT2D eigenvalue weighted by molar-refractivity contribution is 1.17. The average Bonchev–Trinajstić information content (AvgIpc) is 3.70. The van der Waals surface area contributed by atoms with Gasteiger partial charge >= 0.3 is 0 Å². The monoisotopic (exact) mass is 634 g/mol. The van der Waals surface area contributed by atoms with Crippen molar-refractivity contribution in [3.8, 4) is 55.9 Å². The van der Waals surface area contributed by atoms with Gasteiger partial charge in [0.25, 0.3) is 0 Å². The molecule has 0 unspecified atom stereocenters. The van der Waals surface area contributed by atoms with E-state index in [-0.39, 0.29) is 0 Å². The van der Waals surface area contributed by atoms with E-state index in [0.717, 1.165) is 0 Å². The van der Waals surface area contributed by atoms with Gasteiger partial charge in [0.1, 0.15) is 0 Å². The van der Waals surface area contributed by atoms with E-state index in [2.05, 4.69) is 191 Å². The van der Waals surface area contributed by atoms with Gasteiger partial charge in [0.15, 0.2) is 0 Å². The first-order valence-electron chi connectivity index (χ1n) is 17.3. The van der Waals surface area contributed by atoms with Crippen LogP contribution in [0.15, 0.2) is 182 Å². The van der Waals surface area contributed by atoms with E-state index in [4.69, 9.17) is 0 Å². The molecule has 10 aromatic rings. The number of benzene rings is 8. The highest BCUT2D eigenvalue weighted by molar-refractivity contribution is 6.17. The van der Waals surface area contributed by atoms with Gasteiger partial charge in [-0.25, -0.2) is 0 Å². The minimum Gasteiger partial charge on any atom is -0.309 e. The number of hydrogen-bond donors (Lipinski definition) is 0. The zero-order chi connectivity index (χ0) is 32.8. The molecule has 8 aromatic carbocycles. The minimum atomic E-state index is 1.18. The van der Waals surface area contributed by atoms with Gasteiger partial charge in [-0.2, -0.15) is 0 Å². The lowest BCUT2D eigenvalue weighted by Gasteiger charge is -2.25. The molecule has 0 fully saturated rings. The normalized spacial score (nSPS) is 12.0. The van der Waals surface area contributed by atoms with Crippen LogP contribution in [-0.2, 0) is 0 Å². The summed E-state index contributed by atoms with van der Waals surface area (Å²) in [6, 6.07) is 66.8. The fraction of sp³-hybridized carbons (Fsp3) is 0. The van der Waals surface area contributed by atoms with Gasteiger partial charge in [-0.05, 0) is 75.3 Å². The number of para-hydroxylation sites is 3. The van der Waals surface area contributed by atoms with Crippen LogP contribution >= 0.6 is 0 Å². The Balaban J connectivity index is 1.29. The quantitative estimate of drug-likeness (QED) is 0.179. The lowest BCUT2D eigenvalue weighted by Crippen LogP contribution is -2.03. The Labute approximate surface area is 289 Å². The zero-order valence-electron chi connectivity index (χ0n) is 27.2. The number of rotatable bonds is 2. The number of hydrogen-bond acceptors (Lipinski definition) is 0. The van der Waals surface area contributed by atoms with Gasteiger partial charge in [0.05, 0.1) is 33.4 Å². The SMILES string of the molecule is c1ccc2c(c1)-c1ccccc1-c1cccc(-n3c4ccccc4c4c(-n5c6ccccc6c6ccccc65)cccc43)c1-c1ccccc1-2. The van der Waals surface area contributed by atoms with E-state index >= 15 is 0 Å². The van der Waals surface area contributed by atoms with Crippen LogP contribution in [0.5, 0.6) is 0 Å². The Morgan fingerprint density at radius 1 is 0.240 bits per heavy atom. The second-order valence-corrected chi connectivity index (χ2v) is 13.2. The zero-order valence-corrected chi connectivity index (χ0v) is 27.2. The van der Waals surface area contributed by atoms with Crippen LogP contribution in [-0.4, -0.2) is 9.13 Å². The lowest BCUT2D eigenvalue weighted by atomic mass is 9.80. The first kappa shape index (κ1) is 27.3. The van der Waals surface area contributed by atoms with Gasteiger partial charge in [0, 0.05) is 27.1 Å². The first-order valence-corrected chi connectivity index (χ1v) is 17.3. The third kappa shape index (κ3) is 3.68. The molecule has 0 bridgehead atoms. The topological polar surface area (TPSA) is 9.86 Å². The standard InChI is InChI=1S/C48H30N2/c1-2-16-32-31(15-1)33-17-3-4-18-35(33)39-24-13-28-44(47(39)38-22-6-5-19-34(32)38)50-43-27-12-9-23-40(43)48-45(29-14-30-46(48)50)49-41-25-10-7-20-36(41)37-21-8-11-26-42(37)49/h1-30H. The van der Waals surface area contributed by atoms with E-state index in [0.29, 0.717) is 0 Å². The summed E-state index contributed by atoms with van der Waals surface area (Å²) in [6.45, 7) is 0. The van der Waals surface area contributed by atoms with E-state index in [1.807, 2.05) is 0 Å². The first-order chi connectivity index (χ1) is 24.9. The Morgan fingerprint density at radius 3 is 1.20 bits per heavy atom. The van der Waals surface area contributed by atoms with Crippen molar-refractivity contribution in [3.63, 3.8) is 0 Å².